The molecule has 0 aromatic carbocycles. The molecule has 0 aliphatic carbocycles. The zero-order valence-electron chi connectivity index (χ0n) is 33.8. The molecule has 0 radical (unpaired) electrons. The van der Waals surface area contributed by atoms with Gasteiger partial charge in [0.2, 0.25) is 70.9 Å². The lowest BCUT2D eigenvalue weighted by atomic mass is 10.1. The third-order valence-electron chi connectivity index (χ3n) is 10.6. The first kappa shape index (κ1) is 49.0. The van der Waals surface area contributed by atoms with Gasteiger partial charge in [0.15, 0.2) is 0 Å². The molecule has 25 heteroatoms. The molecule has 3 aliphatic heterocycles. The first-order valence-corrected chi connectivity index (χ1v) is 20.0. The summed E-state index contributed by atoms with van der Waals surface area (Å²) in [5, 5.41) is 12.3. The van der Waals surface area contributed by atoms with Crippen molar-refractivity contribution >= 4 is 70.9 Å². The smallest absolute Gasteiger partial charge is 0.243 e. The maximum Gasteiger partial charge on any atom is 0.243 e. The van der Waals surface area contributed by atoms with Crippen molar-refractivity contribution in [2.45, 2.75) is 113 Å². The van der Waals surface area contributed by atoms with Crippen molar-refractivity contribution in [1.82, 2.24) is 41.3 Å². The Balaban J connectivity index is 1.61. The maximum atomic E-state index is 13.5. The summed E-state index contributed by atoms with van der Waals surface area (Å²) in [6.45, 7) is -1.01. The Hall–Kier alpha value is -6.40. The van der Waals surface area contributed by atoms with Crippen LogP contribution in [-0.4, -0.2) is 161 Å². The first-order chi connectivity index (χ1) is 28.8. The largest absolute Gasteiger partial charge is 0.370 e. The van der Waals surface area contributed by atoms with E-state index in [1.807, 2.05) is 0 Å². The summed E-state index contributed by atoms with van der Waals surface area (Å²) in [6.07, 6.45) is 0.571. The fourth-order valence-electron chi connectivity index (χ4n) is 7.39. The van der Waals surface area contributed by atoms with Crippen LogP contribution in [0.3, 0.4) is 0 Å². The molecule has 0 saturated carbocycles. The second kappa shape index (κ2) is 23.4. The Morgan fingerprint density at radius 2 is 0.787 bits per heavy atom. The van der Waals surface area contributed by atoms with Crippen LogP contribution in [0.2, 0.25) is 0 Å². The van der Waals surface area contributed by atoms with Crippen LogP contribution < -0.4 is 55.3 Å². The second-order valence-electron chi connectivity index (χ2n) is 15.0. The SMILES string of the molecule is NCC(=O)N1CCC[C@H]1C(=O)N[C@@H](CCC(N)=O)C(=O)NCC(=O)N1CCC[C@H]1C(=O)N[C@@H](CCC(N)=O)C(=O)NCC(=O)N1CCC[C@H]1C(=O)N[C@@H](CCC(N)=O)C(N)=O. The van der Waals surface area contributed by atoms with Gasteiger partial charge in [-0.1, -0.05) is 0 Å². The van der Waals surface area contributed by atoms with Gasteiger partial charge in [0.05, 0.1) is 19.6 Å². The third-order valence-corrected chi connectivity index (χ3v) is 10.6. The van der Waals surface area contributed by atoms with Crippen molar-refractivity contribution in [2.75, 3.05) is 39.3 Å². The van der Waals surface area contributed by atoms with E-state index in [0.717, 1.165) is 0 Å². The number of rotatable bonds is 23. The molecule has 0 spiro atoms. The van der Waals surface area contributed by atoms with E-state index >= 15 is 0 Å². The molecule has 61 heavy (non-hydrogen) atoms. The van der Waals surface area contributed by atoms with E-state index in [-0.39, 0.29) is 71.0 Å². The number of carbonyl (C=O) groups excluding carboxylic acids is 12. The minimum absolute atomic E-state index is 0.101. The summed E-state index contributed by atoms with van der Waals surface area (Å²) in [5.74, 6) is -8.79. The molecule has 12 amide bonds. The van der Waals surface area contributed by atoms with Crippen LogP contribution in [0.4, 0.5) is 0 Å². The van der Waals surface area contributed by atoms with Gasteiger partial charge in [0.25, 0.3) is 0 Å². The van der Waals surface area contributed by atoms with E-state index in [0.29, 0.717) is 32.2 Å². The highest BCUT2D eigenvalue weighted by molar-refractivity contribution is 5.97. The normalized spacial score (nSPS) is 19.8. The molecular weight excluding hydrogens is 806 g/mol. The molecule has 3 heterocycles. The van der Waals surface area contributed by atoms with Crippen LogP contribution in [-0.2, 0) is 57.5 Å². The maximum absolute atomic E-state index is 13.5. The quantitative estimate of drug-likeness (QED) is 0.0457. The van der Waals surface area contributed by atoms with Gasteiger partial charge in [-0.3, -0.25) is 57.5 Å². The summed E-state index contributed by atoms with van der Waals surface area (Å²) in [6, 6.07) is -6.93. The van der Waals surface area contributed by atoms with Crippen molar-refractivity contribution in [3.63, 3.8) is 0 Å². The summed E-state index contributed by atoms with van der Waals surface area (Å²) in [4.78, 5) is 155. The molecule has 3 saturated heterocycles. The number of nitrogens with zero attached hydrogens (tertiary/aromatic N) is 3. The van der Waals surface area contributed by atoms with E-state index < -0.39 is 120 Å². The predicted octanol–water partition coefficient (Wildman–Crippen LogP) is -7.11. The number of hydrogen-bond acceptors (Lipinski definition) is 13. The lowest BCUT2D eigenvalue weighted by Gasteiger charge is -2.28. The zero-order chi connectivity index (χ0) is 45.4. The van der Waals surface area contributed by atoms with E-state index in [1.54, 1.807) is 0 Å². The minimum Gasteiger partial charge on any atom is -0.370 e. The van der Waals surface area contributed by atoms with Crippen molar-refractivity contribution in [3.8, 4) is 0 Å². The topological polar surface area (TPSA) is 405 Å². The molecule has 3 fully saturated rings. The molecule has 0 aromatic heterocycles. The lowest BCUT2D eigenvalue weighted by Crippen LogP contribution is -2.56. The van der Waals surface area contributed by atoms with Crippen LogP contribution in [0.1, 0.15) is 77.0 Å². The molecule has 0 aromatic rings. The van der Waals surface area contributed by atoms with Crippen LogP contribution in [0, 0.1) is 0 Å². The van der Waals surface area contributed by atoms with Crippen molar-refractivity contribution < 1.29 is 57.5 Å². The van der Waals surface area contributed by atoms with Crippen molar-refractivity contribution in [2.24, 2.45) is 28.7 Å². The van der Waals surface area contributed by atoms with Crippen molar-refractivity contribution in [1.29, 1.82) is 0 Å². The zero-order valence-corrected chi connectivity index (χ0v) is 33.8. The highest BCUT2D eigenvalue weighted by Crippen LogP contribution is 2.20. The van der Waals surface area contributed by atoms with E-state index in [4.69, 9.17) is 28.7 Å². The molecule has 6 atom stereocenters. The molecule has 15 N–H and O–H groups in total. The molecule has 338 valence electrons. The van der Waals surface area contributed by atoms with Gasteiger partial charge in [0.1, 0.15) is 36.3 Å². The highest BCUT2D eigenvalue weighted by Gasteiger charge is 2.39. The second-order valence-corrected chi connectivity index (χ2v) is 15.0. The van der Waals surface area contributed by atoms with Gasteiger partial charge >= 0.3 is 0 Å². The monoisotopic (exact) mass is 863 g/mol. The molecule has 25 nitrogen and oxygen atoms in total. The Morgan fingerprint density at radius 3 is 1.10 bits per heavy atom. The molecule has 3 rings (SSSR count). The summed E-state index contributed by atoms with van der Waals surface area (Å²) in [7, 11) is 0. The van der Waals surface area contributed by atoms with E-state index in [2.05, 4.69) is 26.6 Å². The average molecular weight is 864 g/mol. The van der Waals surface area contributed by atoms with Gasteiger partial charge in [-0.25, -0.2) is 0 Å². The average Bonchev–Trinajstić information content (AvgIpc) is 4.01. The minimum atomic E-state index is -1.39. The van der Waals surface area contributed by atoms with Crippen LogP contribution in [0.25, 0.3) is 0 Å². The number of nitrogens with two attached hydrogens (primary N) is 5. The van der Waals surface area contributed by atoms with E-state index in [9.17, 15) is 57.5 Å². The summed E-state index contributed by atoms with van der Waals surface area (Å²) >= 11 is 0. The van der Waals surface area contributed by atoms with Crippen molar-refractivity contribution in [3.05, 3.63) is 0 Å². The Labute approximate surface area is 350 Å². The van der Waals surface area contributed by atoms with Gasteiger partial charge in [-0.15, -0.1) is 0 Å². The molecule has 0 bridgehead atoms. The number of carbonyl (C=O) groups is 12. The molecule has 0 unspecified atom stereocenters. The van der Waals surface area contributed by atoms with Crippen LogP contribution >= 0.6 is 0 Å². The Morgan fingerprint density at radius 1 is 0.475 bits per heavy atom. The van der Waals surface area contributed by atoms with Crippen LogP contribution in [0.15, 0.2) is 0 Å². The fraction of sp³-hybridized carbons (Fsp3) is 0.667. The summed E-state index contributed by atoms with van der Waals surface area (Å²) in [5.41, 5.74) is 26.5. The van der Waals surface area contributed by atoms with Gasteiger partial charge in [-0.05, 0) is 57.8 Å². The number of amides is 12. The first-order valence-electron chi connectivity index (χ1n) is 20.0. The summed E-state index contributed by atoms with van der Waals surface area (Å²) < 4.78 is 0. The van der Waals surface area contributed by atoms with Gasteiger partial charge < -0.3 is 70.0 Å². The van der Waals surface area contributed by atoms with E-state index in [1.165, 1.54) is 14.7 Å². The molecular formula is C36H57N13O12. The standard InChI is InChI=1S/C36H57N13O12/c37-16-28(53)47-13-1-4-22(47)35(60)45-20(8-11-26(39)51)32(57)43-18-30(55)49-15-3-6-24(49)36(61)46-21(9-12-27(40)52)33(58)42-17-29(54)48-14-2-5-23(48)34(59)44-19(31(41)56)7-10-25(38)50/h19-24H,1-18,37H2,(H2,38,50)(H2,39,51)(H2,40,52)(H2,41,56)(H,42,58)(H,43,57)(H,44,59)(H,45,60)(H,46,61)/t19-,20-,21-,22-,23-,24-/m0/s1. The number of primary amides is 4. The Kier molecular flexibility index (Phi) is 18.8. The number of hydrogen-bond donors (Lipinski definition) is 10. The van der Waals surface area contributed by atoms with Gasteiger partial charge in [-0.2, -0.15) is 0 Å². The molecule has 3 aliphatic rings. The highest BCUT2D eigenvalue weighted by atomic mass is 16.2. The third kappa shape index (κ3) is 14.7. The Bertz CT molecular complexity index is 1730. The van der Waals surface area contributed by atoms with Crippen LogP contribution in [0.5, 0.6) is 0 Å². The number of nitrogens with one attached hydrogen (secondary N) is 5. The number of likely N-dealkylation sites (tertiary alicyclic amines) is 3. The lowest BCUT2D eigenvalue weighted by molar-refractivity contribution is -0.141. The predicted molar refractivity (Wildman–Crippen MR) is 210 cm³/mol. The fourth-order valence-corrected chi connectivity index (χ4v) is 7.39. The van der Waals surface area contributed by atoms with Gasteiger partial charge in [0, 0.05) is 38.9 Å².